The lowest BCUT2D eigenvalue weighted by molar-refractivity contribution is 0.189. The van der Waals surface area contributed by atoms with Crippen LogP contribution in [0.25, 0.3) is 0 Å². The second kappa shape index (κ2) is 6.06. The fourth-order valence-corrected chi connectivity index (χ4v) is 2.90. The highest BCUT2D eigenvalue weighted by Crippen LogP contribution is 2.27. The number of benzene rings is 1. The van der Waals surface area contributed by atoms with Gasteiger partial charge < -0.3 is 10.9 Å². The maximum atomic E-state index is 8.64. The van der Waals surface area contributed by atoms with E-state index in [2.05, 4.69) is 36.0 Å². The molecular formula is C15H23N3O. The van der Waals surface area contributed by atoms with E-state index in [4.69, 9.17) is 10.9 Å². The van der Waals surface area contributed by atoms with Crippen molar-refractivity contribution >= 4 is 5.84 Å². The monoisotopic (exact) mass is 261 g/mol. The van der Waals surface area contributed by atoms with Gasteiger partial charge in [0.2, 0.25) is 0 Å². The summed E-state index contributed by atoms with van der Waals surface area (Å²) in [5.74, 6) is 0.160. The van der Waals surface area contributed by atoms with Gasteiger partial charge in [-0.25, -0.2) is 0 Å². The van der Waals surface area contributed by atoms with Gasteiger partial charge in [0.15, 0.2) is 5.84 Å². The van der Waals surface area contributed by atoms with Gasteiger partial charge in [0.25, 0.3) is 0 Å². The normalized spacial score (nSPS) is 24.8. The van der Waals surface area contributed by atoms with Crippen LogP contribution in [-0.2, 0) is 6.54 Å². The van der Waals surface area contributed by atoms with Crippen LogP contribution in [0.5, 0.6) is 0 Å². The molecule has 0 saturated carbocycles. The average molecular weight is 261 g/mol. The van der Waals surface area contributed by atoms with E-state index >= 15 is 0 Å². The molecule has 104 valence electrons. The maximum absolute atomic E-state index is 8.64. The number of amidine groups is 1. The average Bonchev–Trinajstić information content (AvgIpc) is 2.79. The Kier molecular flexibility index (Phi) is 4.43. The summed E-state index contributed by atoms with van der Waals surface area (Å²) in [4.78, 5) is 2.58. The first-order chi connectivity index (χ1) is 9.15. The summed E-state index contributed by atoms with van der Waals surface area (Å²) in [6.45, 7) is 5.55. The third kappa shape index (κ3) is 3.07. The van der Waals surface area contributed by atoms with E-state index in [1.165, 1.54) is 24.8 Å². The lowest BCUT2D eigenvalue weighted by Gasteiger charge is -2.27. The molecule has 0 radical (unpaired) electrons. The molecule has 1 aliphatic heterocycles. The minimum atomic E-state index is 0.160. The van der Waals surface area contributed by atoms with Crippen LogP contribution in [0.4, 0.5) is 0 Å². The molecule has 1 aliphatic rings. The largest absolute Gasteiger partial charge is 0.409 e. The second-order valence-corrected chi connectivity index (χ2v) is 5.34. The molecule has 0 bridgehead atoms. The summed E-state index contributed by atoms with van der Waals surface area (Å²) in [5.41, 5.74) is 7.60. The number of hydrogen-bond donors (Lipinski definition) is 2. The molecule has 3 N–H and O–H groups in total. The van der Waals surface area contributed by atoms with Crippen LogP contribution in [0.1, 0.15) is 44.2 Å². The van der Waals surface area contributed by atoms with Crippen LogP contribution in [-0.4, -0.2) is 28.0 Å². The highest BCUT2D eigenvalue weighted by atomic mass is 16.4. The molecule has 1 fully saturated rings. The van der Waals surface area contributed by atoms with Gasteiger partial charge >= 0.3 is 0 Å². The van der Waals surface area contributed by atoms with Crippen molar-refractivity contribution in [3.05, 3.63) is 35.4 Å². The number of oxime groups is 1. The fourth-order valence-electron chi connectivity index (χ4n) is 2.90. The van der Waals surface area contributed by atoms with E-state index in [1.807, 2.05) is 12.1 Å². The van der Waals surface area contributed by atoms with E-state index in [0.717, 1.165) is 12.1 Å². The fraction of sp³-hybridized carbons (Fsp3) is 0.533. The number of nitrogens with two attached hydrogens (primary N) is 1. The van der Waals surface area contributed by atoms with Gasteiger partial charge in [0.05, 0.1) is 0 Å². The van der Waals surface area contributed by atoms with Gasteiger partial charge in [-0.05, 0) is 31.7 Å². The molecular weight excluding hydrogens is 238 g/mol. The minimum Gasteiger partial charge on any atom is -0.409 e. The second-order valence-electron chi connectivity index (χ2n) is 5.34. The standard InChI is InChI=1S/C15H23N3O/c1-3-14-9-4-11(2)18(14)10-12-5-7-13(8-6-12)15(16)17-19/h5-8,11,14,19H,3-4,9-10H2,1-2H3,(H2,16,17). The molecule has 19 heavy (non-hydrogen) atoms. The van der Waals surface area contributed by atoms with E-state index in [0.29, 0.717) is 12.1 Å². The quantitative estimate of drug-likeness (QED) is 0.379. The summed E-state index contributed by atoms with van der Waals surface area (Å²) in [6, 6.07) is 9.31. The van der Waals surface area contributed by atoms with E-state index in [-0.39, 0.29) is 5.84 Å². The zero-order valence-corrected chi connectivity index (χ0v) is 11.7. The molecule has 4 nitrogen and oxygen atoms in total. The van der Waals surface area contributed by atoms with Crippen molar-refractivity contribution in [2.75, 3.05) is 0 Å². The van der Waals surface area contributed by atoms with Crippen LogP contribution < -0.4 is 5.73 Å². The Labute approximate surface area is 114 Å². The molecule has 0 spiro atoms. The molecule has 0 aromatic heterocycles. The van der Waals surface area contributed by atoms with Crippen LogP contribution in [0.3, 0.4) is 0 Å². The van der Waals surface area contributed by atoms with Crippen molar-refractivity contribution in [3.63, 3.8) is 0 Å². The predicted molar refractivity (Wildman–Crippen MR) is 77.3 cm³/mol. The summed E-state index contributed by atoms with van der Waals surface area (Å²) in [7, 11) is 0. The van der Waals surface area contributed by atoms with Crippen molar-refractivity contribution in [3.8, 4) is 0 Å². The summed E-state index contributed by atoms with van der Waals surface area (Å²) in [6.07, 6.45) is 3.81. The predicted octanol–water partition coefficient (Wildman–Crippen LogP) is 2.54. The zero-order valence-electron chi connectivity index (χ0n) is 11.7. The molecule has 2 unspecified atom stereocenters. The van der Waals surface area contributed by atoms with Gasteiger partial charge in [-0.3, -0.25) is 4.90 Å². The highest BCUT2D eigenvalue weighted by Gasteiger charge is 2.28. The lowest BCUT2D eigenvalue weighted by atomic mass is 10.1. The number of nitrogens with zero attached hydrogens (tertiary/aromatic N) is 2. The van der Waals surface area contributed by atoms with Gasteiger partial charge in [0, 0.05) is 24.2 Å². The Balaban J connectivity index is 2.07. The van der Waals surface area contributed by atoms with Crippen LogP contribution in [0.2, 0.25) is 0 Å². The van der Waals surface area contributed by atoms with Crippen LogP contribution in [0.15, 0.2) is 29.4 Å². The van der Waals surface area contributed by atoms with Crippen molar-refractivity contribution < 1.29 is 5.21 Å². The van der Waals surface area contributed by atoms with Gasteiger partial charge in [-0.1, -0.05) is 36.3 Å². The third-order valence-corrected chi connectivity index (χ3v) is 4.15. The molecule has 4 heteroatoms. The number of rotatable bonds is 4. The van der Waals surface area contributed by atoms with Gasteiger partial charge in [-0.15, -0.1) is 0 Å². The van der Waals surface area contributed by atoms with Crippen molar-refractivity contribution in [2.24, 2.45) is 10.9 Å². The lowest BCUT2D eigenvalue weighted by Crippen LogP contribution is -2.33. The van der Waals surface area contributed by atoms with Crippen LogP contribution >= 0.6 is 0 Å². The summed E-state index contributed by atoms with van der Waals surface area (Å²) >= 11 is 0. The number of likely N-dealkylation sites (tertiary alicyclic amines) is 1. The molecule has 1 saturated heterocycles. The molecule has 1 aromatic carbocycles. The van der Waals surface area contributed by atoms with E-state index in [9.17, 15) is 0 Å². The highest BCUT2D eigenvalue weighted by molar-refractivity contribution is 5.96. The van der Waals surface area contributed by atoms with Crippen molar-refractivity contribution in [2.45, 2.75) is 51.7 Å². The molecule has 2 atom stereocenters. The molecule has 0 amide bonds. The minimum absolute atomic E-state index is 0.160. The Morgan fingerprint density at radius 1 is 1.37 bits per heavy atom. The van der Waals surface area contributed by atoms with E-state index in [1.54, 1.807) is 0 Å². The topological polar surface area (TPSA) is 61.8 Å². The van der Waals surface area contributed by atoms with Crippen molar-refractivity contribution in [1.29, 1.82) is 0 Å². The van der Waals surface area contributed by atoms with E-state index < -0.39 is 0 Å². The molecule has 0 aliphatic carbocycles. The maximum Gasteiger partial charge on any atom is 0.170 e. The summed E-state index contributed by atoms with van der Waals surface area (Å²) < 4.78 is 0. The van der Waals surface area contributed by atoms with Crippen LogP contribution in [0, 0.1) is 0 Å². The first-order valence-electron chi connectivity index (χ1n) is 6.98. The number of hydrogen-bond acceptors (Lipinski definition) is 3. The molecule has 1 heterocycles. The first kappa shape index (κ1) is 13.9. The Morgan fingerprint density at radius 3 is 2.63 bits per heavy atom. The van der Waals surface area contributed by atoms with Gasteiger partial charge in [-0.2, -0.15) is 0 Å². The smallest absolute Gasteiger partial charge is 0.170 e. The molecule has 1 aromatic rings. The Bertz CT molecular complexity index is 441. The molecule has 2 rings (SSSR count). The first-order valence-corrected chi connectivity index (χ1v) is 6.98. The Hall–Kier alpha value is -1.55. The Morgan fingerprint density at radius 2 is 2.05 bits per heavy atom. The van der Waals surface area contributed by atoms with Gasteiger partial charge in [0.1, 0.15) is 0 Å². The summed E-state index contributed by atoms with van der Waals surface area (Å²) in [5, 5.41) is 11.7. The van der Waals surface area contributed by atoms with Crippen molar-refractivity contribution in [1.82, 2.24) is 4.90 Å². The third-order valence-electron chi connectivity index (χ3n) is 4.15. The zero-order chi connectivity index (χ0) is 13.8. The SMILES string of the molecule is CCC1CCC(C)N1Cc1ccc(/C(N)=N/O)cc1.